The minimum Gasteiger partial charge on any atom is -0.381 e. The van der Waals surface area contributed by atoms with Crippen LogP contribution < -0.4 is 10.6 Å². The fourth-order valence-electron chi connectivity index (χ4n) is 3.94. The molecule has 0 radical (unpaired) electrons. The van der Waals surface area contributed by atoms with E-state index < -0.39 is 15.7 Å². The van der Waals surface area contributed by atoms with Gasteiger partial charge in [0.05, 0.1) is 9.79 Å². The Morgan fingerprint density at radius 3 is 2.56 bits per heavy atom. The molecule has 2 aliphatic heterocycles. The van der Waals surface area contributed by atoms with E-state index in [1.807, 2.05) is 6.07 Å². The van der Waals surface area contributed by atoms with Crippen LogP contribution >= 0.6 is 0 Å². The maximum atomic E-state index is 13.1. The normalized spacial score (nSPS) is 25.6. The molecule has 0 bridgehead atoms. The molecule has 132 valence electrons. The van der Waals surface area contributed by atoms with Gasteiger partial charge >= 0.3 is 0 Å². The van der Waals surface area contributed by atoms with Crippen LogP contribution in [0.15, 0.2) is 52.3 Å². The van der Waals surface area contributed by atoms with Gasteiger partial charge in [0.25, 0.3) is 0 Å². The van der Waals surface area contributed by atoms with Crippen LogP contribution in [0.4, 0.5) is 10.1 Å². The van der Waals surface area contributed by atoms with Crippen molar-refractivity contribution in [3.05, 3.63) is 53.8 Å². The number of nitrogens with one attached hydrogen (secondary N) is 2. The molecular weight excluding hydrogens is 339 g/mol. The summed E-state index contributed by atoms with van der Waals surface area (Å²) in [6, 6.07) is 11.1. The van der Waals surface area contributed by atoms with Gasteiger partial charge in [-0.05, 0) is 74.3 Å². The maximum Gasteiger partial charge on any atom is 0.206 e. The summed E-state index contributed by atoms with van der Waals surface area (Å²) in [5.74, 6) is -0.129. The van der Waals surface area contributed by atoms with E-state index >= 15 is 0 Å². The van der Waals surface area contributed by atoms with Crippen LogP contribution in [-0.4, -0.2) is 27.0 Å². The molecule has 0 aliphatic carbocycles. The first-order chi connectivity index (χ1) is 11.9. The second-order valence-electron chi connectivity index (χ2n) is 6.94. The highest BCUT2D eigenvalue weighted by Crippen LogP contribution is 2.42. The van der Waals surface area contributed by atoms with Gasteiger partial charge in [-0.3, -0.25) is 0 Å². The Morgan fingerprint density at radius 1 is 1.08 bits per heavy atom. The first-order valence-electron chi connectivity index (χ1n) is 8.59. The predicted octanol–water partition coefficient (Wildman–Crippen LogP) is 3.31. The first kappa shape index (κ1) is 16.5. The van der Waals surface area contributed by atoms with Crippen LogP contribution in [0.1, 0.15) is 31.2 Å². The Bertz CT molecular complexity index is 896. The molecule has 4 rings (SSSR count). The van der Waals surface area contributed by atoms with Crippen molar-refractivity contribution >= 4 is 15.5 Å². The van der Waals surface area contributed by atoms with Crippen molar-refractivity contribution in [2.75, 3.05) is 11.9 Å². The number of fused-ring (bicyclic) bond motifs is 3. The van der Waals surface area contributed by atoms with E-state index in [-0.39, 0.29) is 9.79 Å². The topological polar surface area (TPSA) is 58.2 Å². The molecule has 2 aromatic rings. The summed E-state index contributed by atoms with van der Waals surface area (Å²) in [4.78, 5) is 0.387. The van der Waals surface area contributed by atoms with Gasteiger partial charge in [-0.1, -0.05) is 0 Å². The maximum absolute atomic E-state index is 13.1. The Morgan fingerprint density at radius 2 is 1.80 bits per heavy atom. The average molecular weight is 360 g/mol. The van der Waals surface area contributed by atoms with Crippen LogP contribution in [-0.2, 0) is 9.84 Å². The smallest absolute Gasteiger partial charge is 0.206 e. The second-order valence-corrected chi connectivity index (χ2v) is 8.89. The van der Waals surface area contributed by atoms with E-state index in [0.29, 0.717) is 18.0 Å². The van der Waals surface area contributed by atoms with Crippen molar-refractivity contribution < 1.29 is 12.8 Å². The lowest BCUT2D eigenvalue weighted by Crippen LogP contribution is -2.28. The SMILES string of the molecule is CC1C[C@@H]2Nc3ccc(S(=O)(=O)c4ccc(F)cc4)cc3[C@@H]2CCN1. The fourth-order valence-corrected chi connectivity index (χ4v) is 5.24. The van der Waals surface area contributed by atoms with E-state index in [1.165, 1.54) is 24.3 Å². The second kappa shape index (κ2) is 6.11. The summed E-state index contributed by atoms with van der Waals surface area (Å²) in [6.45, 7) is 3.11. The summed E-state index contributed by atoms with van der Waals surface area (Å²) < 4.78 is 38.8. The summed E-state index contributed by atoms with van der Waals surface area (Å²) in [5.41, 5.74) is 2.10. The molecule has 1 fully saturated rings. The molecule has 0 aromatic heterocycles. The van der Waals surface area contributed by atoms with Crippen molar-refractivity contribution in [1.82, 2.24) is 5.32 Å². The first-order valence-corrected chi connectivity index (χ1v) is 10.1. The molecule has 0 amide bonds. The lowest BCUT2D eigenvalue weighted by atomic mass is 9.90. The van der Waals surface area contributed by atoms with Gasteiger partial charge < -0.3 is 10.6 Å². The Kier molecular flexibility index (Phi) is 4.04. The van der Waals surface area contributed by atoms with Gasteiger partial charge in [0.1, 0.15) is 5.82 Å². The van der Waals surface area contributed by atoms with E-state index in [0.717, 1.165) is 30.6 Å². The minimum absolute atomic E-state index is 0.118. The summed E-state index contributed by atoms with van der Waals surface area (Å²) in [5, 5.41) is 7.03. The molecule has 0 spiro atoms. The largest absolute Gasteiger partial charge is 0.381 e. The molecule has 0 saturated carbocycles. The summed E-state index contributed by atoms with van der Waals surface area (Å²) in [7, 11) is -3.65. The average Bonchev–Trinajstić information content (AvgIpc) is 2.80. The number of hydrogen-bond donors (Lipinski definition) is 2. The van der Waals surface area contributed by atoms with Crippen LogP contribution in [0.2, 0.25) is 0 Å². The van der Waals surface area contributed by atoms with E-state index in [1.54, 1.807) is 12.1 Å². The molecule has 6 heteroatoms. The quantitative estimate of drug-likeness (QED) is 0.807. The number of rotatable bonds is 2. The number of benzene rings is 2. The number of halogens is 1. The Labute approximate surface area is 147 Å². The zero-order valence-electron chi connectivity index (χ0n) is 14.0. The zero-order chi connectivity index (χ0) is 17.6. The monoisotopic (exact) mass is 360 g/mol. The lowest BCUT2D eigenvalue weighted by Gasteiger charge is -2.18. The van der Waals surface area contributed by atoms with Gasteiger partial charge in [0.15, 0.2) is 0 Å². The molecule has 1 unspecified atom stereocenters. The van der Waals surface area contributed by atoms with Crippen molar-refractivity contribution in [2.45, 2.75) is 47.6 Å². The van der Waals surface area contributed by atoms with Gasteiger partial charge in [-0.15, -0.1) is 0 Å². The summed E-state index contributed by atoms with van der Waals surface area (Å²) >= 11 is 0. The third-order valence-electron chi connectivity index (χ3n) is 5.24. The van der Waals surface area contributed by atoms with Gasteiger partial charge in [-0.25, -0.2) is 12.8 Å². The van der Waals surface area contributed by atoms with Crippen molar-refractivity contribution in [3.63, 3.8) is 0 Å². The van der Waals surface area contributed by atoms with Crippen molar-refractivity contribution in [3.8, 4) is 0 Å². The summed E-state index contributed by atoms with van der Waals surface area (Å²) in [6.07, 6.45) is 1.99. The Hall–Kier alpha value is -1.92. The van der Waals surface area contributed by atoms with Gasteiger partial charge in [-0.2, -0.15) is 0 Å². The highest BCUT2D eigenvalue weighted by molar-refractivity contribution is 7.91. The third kappa shape index (κ3) is 2.93. The molecule has 4 nitrogen and oxygen atoms in total. The van der Waals surface area contributed by atoms with Gasteiger partial charge in [0.2, 0.25) is 9.84 Å². The van der Waals surface area contributed by atoms with Crippen LogP contribution in [0.25, 0.3) is 0 Å². The fraction of sp³-hybridized carbons (Fsp3) is 0.368. The minimum atomic E-state index is -3.65. The van der Waals surface area contributed by atoms with Crippen LogP contribution in [0.5, 0.6) is 0 Å². The van der Waals surface area contributed by atoms with Crippen LogP contribution in [0.3, 0.4) is 0 Å². The molecule has 1 saturated heterocycles. The number of sulfone groups is 1. The van der Waals surface area contributed by atoms with Crippen molar-refractivity contribution in [2.24, 2.45) is 0 Å². The highest BCUT2D eigenvalue weighted by atomic mass is 32.2. The standard InChI is InChI=1S/C19H21FN2O2S/c1-12-10-19-16(8-9-21-12)17-11-15(6-7-18(17)22-19)25(23,24)14-4-2-13(20)3-5-14/h2-7,11-12,16,19,21-22H,8-10H2,1H3/t12?,16-,19-/m0/s1. The van der Waals surface area contributed by atoms with Crippen molar-refractivity contribution in [1.29, 1.82) is 0 Å². The zero-order valence-corrected chi connectivity index (χ0v) is 14.8. The van der Waals surface area contributed by atoms with Crippen LogP contribution in [0, 0.1) is 5.82 Å². The van der Waals surface area contributed by atoms with E-state index in [4.69, 9.17) is 0 Å². The lowest BCUT2D eigenvalue weighted by molar-refractivity contribution is 0.521. The van der Waals surface area contributed by atoms with Gasteiger partial charge in [0, 0.05) is 23.7 Å². The molecule has 2 N–H and O–H groups in total. The molecule has 3 atom stereocenters. The van der Waals surface area contributed by atoms with E-state index in [2.05, 4.69) is 17.6 Å². The number of hydrogen-bond acceptors (Lipinski definition) is 4. The molecule has 2 aromatic carbocycles. The van der Waals surface area contributed by atoms with E-state index in [9.17, 15) is 12.8 Å². The third-order valence-corrected chi connectivity index (χ3v) is 7.01. The molecule has 25 heavy (non-hydrogen) atoms. The Balaban J connectivity index is 1.72. The highest BCUT2D eigenvalue weighted by Gasteiger charge is 2.35. The molecule has 2 aliphatic rings. The predicted molar refractivity (Wildman–Crippen MR) is 95.1 cm³/mol. The number of anilines is 1. The molecule has 2 heterocycles. The molecular formula is C19H21FN2O2S.